The molecule has 0 saturated heterocycles. The molecular weight excluding hydrogens is 417 g/mol. The highest BCUT2D eigenvalue weighted by Crippen LogP contribution is 2.33. The van der Waals surface area contributed by atoms with Gasteiger partial charge in [-0.25, -0.2) is 4.39 Å². The molecule has 1 aromatic heterocycles. The van der Waals surface area contributed by atoms with Crippen molar-refractivity contribution in [3.8, 4) is 0 Å². The third-order valence-corrected chi connectivity index (χ3v) is 6.26. The van der Waals surface area contributed by atoms with Crippen molar-refractivity contribution >= 4 is 11.8 Å². The summed E-state index contributed by atoms with van der Waals surface area (Å²) in [5.41, 5.74) is 1.85. The van der Waals surface area contributed by atoms with Crippen molar-refractivity contribution in [2.45, 2.75) is 73.0 Å². The number of carbonyl (C=O) groups is 2. The number of benzene rings is 1. The van der Waals surface area contributed by atoms with Gasteiger partial charge < -0.3 is 14.4 Å². The largest absolute Gasteiger partial charge is 0.348 e. The quantitative estimate of drug-likeness (QED) is 0.572. The number of halogens is 1. The summed E-state index contributed by atoms with van der Waals surface area (Å²) in [7, 11) is 0. The lowest BCUT2D eigenvalue weighted by atomic mass is 9.84. The summed E-state index contributed by atoms with van der Waals surface area (Å²) in [6, 6.07) is 9.92. The molecule has 0 fully saturated rings. The average Bonchev–Trinajstić information content (AvgIpc) is 3.18. The third kappa shape index (κ3) is 6.24. The minimum atomic E-state index is -0.374. The van der Waals surface area contributed by atoms with Gasteiger partial charge in [-0.3, -0.25) is 9.59 Å². The highest BCUT2D eigenvalue weighted by atomic mass is 19.1. The Balaban J connectivity index is 1.80. The Hall–Kier alpha value is -2.63. The zero-order valence-corrected chi connectivity index (χ0v) is 20.8. The molecule has 3 rings (SSSR count). The van der Waals surface area contributed by atoms with Crippen LogP contribution in [0.3, 0.4) is 0 Å². The summed E-state index contributed by atoms with van der Waals surface area (Å²) >= 11 is 0. The summed E-state index contributed by atoms with van der Waals surface area (Å²) in [6.07, 6.45) is 3.37. The molecule has 2 aromatic rings. The van der Waals surface area contributed by atoms with Crippen LogP contribution in [0.25, 0.3) is 0 Å². The van der Waals surface area contributed by atoms with E-state index >= 15 is 0 Å². The smallest absolute Gasteiger partial charge is 0.243 e. The number of hydrogen-bond acceptors (Lipinski definition) is 2. The van der Waals surface area contributed by atoms with Gasteiger partial charge in [0.05, 0.1) is 6.04 Å². The topological polar surface area (TPSA) is 45.6 Å². The molecular formula is C27H38FN3O2. The zero-order valence-electron chi connectivity index (χ0n) is 20.8. The van der Waals surface area contributed by atoms with E-state index in [0.717, 1.165) is 17.7 Å². The van der Waals surface area contributed by atoms with Crippen LogP contribution in [0.5, 0.6) is 0 Å². The summed E-state index contributed by atoms with van der Waals surface area (Å²) < 4.78 is 16.2. The van der Waals surface area contributed by atoms with Crippen LogP contribution in [0.15, 0.2) is 42.6 Å². The van der Waals surface area contributed by atoms with Crippen LogP contribution in [0, 0.1) is 17.2 Å². The second-order valence-electron chi connectivity index (χ2n) is 10.9. The molecule has 0 unspecified atom stereocenters. The molecule has 2 atom stereocenters. The molecule has 1 aliphatic heterocycles. The number of rotatable bonds is 7. The monoisotopic (exact) mass is 455 g/mol. The number of aromatic nitrogens is 1. The number of amides is 2. The number of fused-ring (bicyclic) bond motifs is 1. The predicted octanol–water partition coefficient (Wildman–Crippen LogP) is 5.26. The molecule has 2 amide bonds. The van der Waals surface area contributed by atoms with Crippen LogP contribution in [0.1, 0.15) is 71.7 Å². The summed E-state index contributed by atoms with van der Waals surface area (Å²) in [4.78, 5) is 30.2. The Morgan fingerprint density at radius 3 is 2.48 bits per heavy atom. The fraction of sp³-hybridized carbons (Fsp3) is 0.556. The Bertz CT molecular complexity index is 976. The minimum Gasteiger partial charge on any atom is -0.348 e. The Morgan fingerprint density at radius 1 is 1.12 bits per heavy atom. The molecule has 33 heavy (non-hydrogen) atoms. The Kier molecular flexibility index (Phi) is 7.65. The molecule has 0 radical (unpaired) electrons. The van der Waals surface area contributed by atoms with Crippen LogP contribution in [0.4, 0.5) is 4.39 Å². The zero-order chi connectivity index (χ0) is 24.3. The van der Waals surface area contributed by atoms with Crippen LogP contribution in [-0.2, 0) is 16.1 Å². The molecule has 5 nitrogen and oxygen atoms in total. The van der Waals surface area contributed by atoms with E-state index in [1.165, 1.54) is 12.1 Å². The maximum absolute atomic E-state index is 14.0. The van der Waals surface area contributed by atoms with Crippen molar-refractivity contribution in [2.75, 3.05) is 13.1 Å². The van der Waals surface area contributed by atoms with Crippen LogP contribution in [-0.4, -0.2) is 45.3 Å². The SMILES string of the molecule is CC(C)N(CC(=O)N1CCn2cccc2[C@@H]1c1cccc(F)c1)C(=O)C[C@@H](C)CC(C)(C)C. The van der Waals surface area contributed by atoms with E-state index in [9.17, 15) is 14.0 Å². The van der Waals surface area contributed by atoms with Gasteiger partial charge in [-0.2, -0.15) is 0 Å². The Labute approximate surface area is 197 Å². The molecule has 0 aliphatic carbocycles. The number of hydrogen-bond donors (Lipinski definition) is 0. The van der Waals surface area contributed by atoms with Crippen molar-refractivity contribution in [1.29, 1.82) is 0 Å². The standard InChI is InChI=1S/C27H38FN3O2/c1-19(2)31(24(32)15-20(3)17-27(4,5)6)18-25(33)30-14-13-29-12-8-11-23(29)26(30)21-9-7-10-22(28)16-21/h7-12,16,19-20,26H,13-15,17-18H2,1-6H3/t20-,26+/m1/s1. The van der Waals surface area contributed by atoms with Gasteiger partial charge in [-0.15, -0.1) is 0 Å². The van der Waals surface area contributed by atoms with Crippen LogP contribution in [0.2, 0.25) is 0 Å². The molecule has 1 aliphatic rings. The van der Waals surface area contributed by atoms with E-state index in [0.29, 0.717) is 19.5 Å². The molecule has 6 heteroatoms. The average molecular weight is 456 g/mol. The summed E-state index contributed by atoms with van der Waals surface area (Å²) in [6.45, 7) is 13.8. The molecule has 2 heterocycles. The van der Waals surface area contributed by atoms with Gasteiger partial charge in [0, 0.05) is 37.4 Å². The first kappa shape index (κ1) is 25.0. The summed E-state index contributed by atoms with van der Waals surface area (Å²) in [5, 5.41) is 0. The third-order valence-electron chi connectivity index (χ3n) is 6.26. The first-order chi connectivity index (χ1) is 15.5. The molecule has 0 saturated carbocycles. The fourth-order valence-electron chi connectivity index (χ4n) is 5.01. The van der Waals surface area contributed by atoms with E-state index in [-0.39, 0.29) is 47.6 Å². The van der Waals surface area contributed by atoms with Crippen molar-refractivity contribution < 1.29 is 14.0 Å². The van der Waals surface area contributed by atoms with E-state index in [4.69, 9.17) is 0 Å². The molecule has 0 bridgehead atoms. The lowest BCUT2D eigenvalue weighted by Crippen LogP contribution is -2.49. The van der Waals surface area contributed by atoms with E-state index in [1.54, 1.807) is 15.9 Å². The van der Waals surface area contributed by atoms with E-state index in [1.807, 2.05) is 38.2 Å². The van der Waals surface area contributed by atoms with Gasteiger partial charge in [0.25, 0.3) is 0 Å². The maximum atomic E-state index is 14.0. The molecule has 0 spiro atoms. The van der Waals surface area contributed by atoms with Gasteiger partial charge in [0.15, 0.2) is 0 Å². The van der Waals surface area contributed by atoms with Crippen LogP contribution >= 0.6 is 0 Å². The molecule has 180 valence electrons. The lowest BCUT2D eigenvalue weighted by molar-refractivity contribution is -0.144. The number of nitrogens with zero attached hydrogens (tertiary/aromatic N) is 3. The highest BCUT2D eigenvalue weighted by Gasteiger charge is 2.34. The number of carbonyl (C=O) groups excluding carboxylic acids is 2. The van der Waals surface area contributed by atoms with Gasteiger partial charge in [-0.05, 0) is 61.4 Å². The van der Waals surface area contributed by atoms with Gasteiger partial charge in [0.2, 0.25) is 11.8 Å². The van der Waals surface area contributed by atoms with Gasteiger partial charge >= 0.3 is 0 Å². The highest BCUT2D eigenvalue weighted by molar-refractivity contribution is 5.85. The second kappa shape index (κ2) is 10.1. The fourth-order valence-corrected chi connectivity index (χ4v) is 5.01. The van der Waals surface area contributed by atoms with E-state index in [2.05, 4.69) is 32.3 Å². The normalized spacial score (nSPS) is 17.1. The van der Waals surface area contributed by atoms with Crippen molar-refractivity contribution in [2.24, 2.45) is 11.3 Å². The molecule has 1 aromatic carbocycles. The predicted molar refractivity (Wildman–Crippen MR) is 129 cm³/mol. The lowest BCUT2D eigenvalue weighted by Gasteiger charge is -2.39. The Morgan fingerprint density at radius 2 is 1.85 bits per heavy atom. The van der Waals surface area contributed by atoms with Gasteiger partial charge in [0.1, 0.15) is 12.4 Å². The summed E-state index contributed by atoms with van der Waals surface area (Å²) in [5.74, 6) is -0.178. The van der Waals surface area contributed by atoms with Crippen molar-refractivity contribution in [1.82, 2.24) is 14.4 Å². The second-order valence-corrected chi connectivity index (χ2v) is 10.9. The van der Waals surface area contributed by atoms with E-state index < -0.39 is 0 Å². The first-order valence-corrected chi connectivity index (χ1v) is 12.0. The van der Waals surface area contributed by atoms with Crippen molar-refractivity contribution in [3.63, 3.8) is 0 Å². The first-order valence-electron chi connectivity index (χ1n) is 12.0. The minimum absolute atomic E-state index is 0.0118. The molecule has 0 N–H and O–H groups in total. The van der Waals surface area contributed by atoms with Crippen LogP contribution < -0.4 is 0 Å². The van der Waals surface area contributed by atoms with Crippen molar-refractivity contribution in [3.05, 3.63) is 59.7 Å². The maximum Gasteiger partial charge on any atom is 0.243 e. The van der Waals surface area contributed by atoms with Gasteiger partial charge in [-0.1, -0.05) is 39.8 Å².